The summed E-state index contributed by atoms with van der Waals surface area (Å²) in [5, 5.41) is 5.91. The number of rotatable bonds is 11. The molecule has 3 unspecified atom stereocenters. The van der Waals surface area contributed by atoms with Crippen LogP contribution in [0.4, 0.5) is 0 Å². The van der Waals surface area contributed by atoms with Gasteiger partial charge in [0.25, 0.3) is 0 Å². The highest BCUT2D eigenvalue weighted by atomic mass is 32.1. The first-order chi connectivity index (χ1) is 17.1. The summed E-state index contributed by atoms with van der Waals surface area (Å²) in [7, 11) is 0. The van der Waals surface area contributed by atoms with E-state index in [0.29, 0.717) is 24.5 Å². The average Bonchev–Trinajstić information content (AvgIpc) is 3.24. The second kappa shape index (κ2) is 10.8. The van der Waals surface area contributed by atoms with Crippen molar-refractivity contribution in [3.8, 4) is 0 Å². The van der Waals surface area contributed by atoms with Crippen LogP contribution < -0.4 is 5.32 Å². The van der Waals surface area contributed by atoms with E-state index in [0.717, 1.165) is 81.1 Å². The summed E-state index contributed by atoms with van der Waals surface area (Å²) in [6, 6.07) is 0.951. The fourth-order valence-corrected chi connectivity index (χ4v) is 6.82. The molecule has 0 radical (unpaired) electrons. The molecule has 1 N–H and O–H groups in total. The van der Waals surface area contributed by atoms with Crippen LogP contribution >= 0.6 is 11.3 Å². The first-order valence-electron chi connectivity index (χ1n) is 13.3. The third kappa shape index (κ3) is 5.31. The summed E-state index contributed by atoms with van der Waals surface area (Å²) in [6.45, 7) is 7.99. The van der Waals surface area contributed by atoms with Gasteiger partial charge < -0.3 is 19.7 Å². The van der Waals surface area contributed by atoms with E-state index in [9.17, 15) is 9.59 Å². The molecule has 9 heteroatoms. The number of hydrogen-bond acceptors (Lipinski definition) is 6. The molecule has 0 spiro atoms. The van der Waals surface area contributed by atoms with Crippen molar-refractivity contribution in [2.75, 3.05) is 19.6 Å². The maximum absolute atomic E-state index is 12.6. The molecule has 8 nitrogen and oxygen atoms in total. The minimum Gasteiger partial charge on any atom is -0.349 e. The number of amides is 2. The highest BCUT2D eigenvalue weighted by Crippen LogP contribution is 2.35. The number of aryl methyl sites for hydroxylation is 1. The van der Waals surface area contributed by atoms with E-state index in [1.807, 2.05) is 10.3 Å². The number of carbonyl (C=O) groups excluding carboxylic acids is 2. The van der Waals surface area contributed by atoms with Gasteiger partial charge >= 0.3 is 0 Å². The van der Waals surface area contributed by atoms with Crippen LogP contribution in [0.1, 0.15) is 86.2 Å². The molecule has 3 aliphatic rings. The minimum atomic E-state index is -0.0140. The van der Waals surface area contributed by atoms with Gasteiger partial charge in [-0.05, 0) is 58.4 Å². The molecule has 190 valence electrons. The van der Waals surface area contributed by atoms with Crippen LogP contribution in [0.3, 0.4) is 0 Å². The zero-order valence-electron chi connectivity index (χ0n) is 21.0. The summed E-state index contributed by atoms with van der Waals surface area (Å²) in [5.41, 5.74) is 2.45. The van der Waals surface area contributed by atoms with Crippen molar-refractivity contribution in [3.05, 3.63) is 33.8 Å². The fourth-order valence-electron chi connectivity index (χ4n) is 6.09. The highest BCUT2D eigenvalue weighted by molar-refractivity contribution is 7.09. The molecule has 2 aromatic rings. The Hall–Kier alpha value is -2.26. The average molecular weight is 499 g/mol. The lowest BCUT2D eigenvalue weighted by Crippen LogP contribution is -2.38. The van der Waals surface area contributed by atoms with Crippen LogP contribution in [0, 0.1) is 12.8 Å². The summed E-state index contributed by atoms with van der Waals surface area (Å²) in [4.78, 5) is 37.8. The molecule has 35 heavy (non-hydrogen) atoms. The van der Waals surface area contributed by atoms with Gasteiger partial charge in [-0.2, -0.15) is 0 Å². The van der Waals surface area contributed by atoms with Gasteiger partial charge in [0.1, 0.15) is 10.8 Å². The zero-order chi connectivity index (χ0) is 24.4. The number of nitrogens with zero attached hydrogens (tertiary/aromatic N) is 5. The largest absolute Gasteiger partial charge is 0.349 e. The van der Waals surface area contributed by atoms with E-state index in [1.165, 1.54) is 18.5 Å². The normalized spacial score (nSPS) is 22.1. The van der Waals surface area contributed by atoms with Gasteiger partial charge in [0.15, 0.2) is 0 Å². The van der Waals surface area contributed by atoms with Gasteiger partial charge in [-0.25, -0.2) is 9.97 Å². The topological polar surface area (TPSA) is 83.4 Å². The maximum atomic E-state index is 12.6. The summed E-state index contributed by atoms with van der Waals surface area (Å²) in [6.07, 6.45) is 11.1. The second-order valence-corrected chi connectivity index (χ2v) is 11.3. The quantitative estimate of drug-likeness (QED) is 0.479. The lowest BCUT2D eigenvalue weighted by Gasteiger charge is -2.32. The Labute approximate surface area is 212 Å². The van der Waals surface area contributed by atoms with Gasteiger partial charge in [-0.3, -0.25) is 9.59 Å². The summed E-state index contributed by atoms with van der Waals surface area (Å²) < 4.78 is 2.50. The molecule has 2 fully saturated rings. The lowest BCUT2D eigenvalue weighted by molar-refractivity contribution is -0.133. The number of imidazole rings is 1. The van der Waals surface area contributed by atoms with E-state index in [2.05, 4.69) is 33.6 Å². The van der Waals surface area contributed by atoms with Gasteiger partial charge in [0, 0.05) is 54.8 Å². The molecule has 2 aromatic heterocycles. The van der Waals surface area contributed by atoms with E-state index >= 15 is 0 Å². The molecule has 2 aliphatic heterocycles. The van der Waals surface area contributed by atoms with Crippen molar-refractivity contribution >= 4 is 23.7 Å². The SMILES string of the molecule is CCC(CC1CCCN1CCC(NC=O)c1nccs1)n1c(C)nc2c1CCN(C(=O)C1CC1)C2. The molecule has 0 aromatic carbocycles. The van der Waals surface area contributed by atoms with E-state index in [-0.39, 0.29) is 12.0 Å². The van der Waals surface area contributed by atoms with E-state index < -0.39 is 0 Å². The summed E-state index contributed by atoms with van der Waals surface area (Å²) in [5.74, 6) is 1.69. The van der Waals surface area contributed by atoms with Gasteiger partial charge in [0.05, 0.1) is 18.3 Å². The maximum Gasteiger partial charge on any atom is 0.226 e. The molecule has 2 amide bonds. The van der Waals surface area contributed by atoms with Crippen LogP contribution in [0.25, 0.3) is 0 Å². The Morgan fingerprint density at radius 3 is 2.89 bits per heavy atom. The van der Waals surface area contributed by atoms with E-state index in [4.69, 9.17) is 4.98 Å². The Balaban J connectivity index is 1.24. The predicted molar refractivity (Wildman–Crippen MR) is 136 cm³/mol. The van der Waals surface area contributed by atoms with Gasteiger partial charge in [0.2, 0.25) is 12.3 Å². The first kappa shape index (κ1) is 24.4. The van der Waals surface area contributed by atoms with E-state index in [1.54, 1.807) is 17.5 Å². The Kier molecular flexibility index (Phi) is 7.53. The molecule has 1 saturated heterocycles. The number of likely N-dealkylation sites (tertiary alicyclic amines) is 1. The lowest BCUT2D eigenvalue weighted by atomic mass is 10.0. The predicted octanol–water partition coefficient (Wildman–Crippen LogP) is 3.63. The standard InChI is InChI=1S/C26H38N6O2S/c1-3-20(32-18(2)29-23-16-31(13-9-24(23)32)26(34)19-6-7-19)15-21-5-4-11-30(21)12-8-22(28-17-33)25-27-10-14-35-25/h10,14,17,19-22H,3-9,11-13,15-16H2,1-2H3,(H,28,33). The zero-order valence-corrected chi connectivity index (χ0v) is 21.8. The summed E-state index contributed by atoms with van der Waals surface area (Å²) >= 11 is 1.60. The van der Waals surface area contributed by atoms with Crippen molar-refractivity contribution in [2.45, 2.75) is 89.9 Å². The number of nitrogens with one attached hydrogen (secondary N) is 1. The molecule has 4 heterocycles. The van der Waals surface area contributed by atoms with Crippen LogP contribution in [-0.2, 0) is 22.6 Å². The number of fused-ring (bicyclic) bond motifs is 1. The third-order valence-electron chi connectivity index (χ3n) is 8.07. The van der Waals surface area contributed by atoms with Crippen LogP contribution in [-0.4, -0.2) is 62.3 Å². The van der Waals surface area contributed by atoms with Crippen LogP contribution in [0.2, 0.25) is 0 Å². The van der Waals surface area contributed by atoms with Crippen molar-refractivity contribution in [1.29, 1.82) is 0 Å². The molecular formula is C26H38N6O2S. The van der Waals surface area contributed by atoms with Crippen molar-refractivity contribution in [1.82, 2.24) is 29.7 Å². The molecule has 1 saturated carbocycles. The molecule has 3 atom stereocenters. The van der Waals surface area contributed by atoms with Crippen molar-refractivity contribution in [3.63, 3.8) is 0 Å². The number of hydrogen-bond donors (Lipinski definition) is 1. The first-order valence-corrected chi connectivity index (χ1v) is 14.2. The monoisotopic (exact) mass is 498 g/mol. The second-order valence-electron chi connectivity index (χ2n) is 10.3. The molecule has 1 aliphatic carbocycles. The van der Waals surface area contributed by atoms with Crippen LogP contribution in [0.5, 0.6) is 0 Å². The Bertz CT molecular complexity index is 1020. The fraction of sp³-hybridized carbons (Fsp3) is 0.692. The van der Waals surface area contributed by atoms with Gasteiger partial charge in [-0.15, -0.1) is 11.3 Å². The molecule has 5 rings (SSSR count). The van der Waals surface area contributed by atoms with Crippen LogP contribution in [0.15, 0.2) is 11.6 Å². The third-order valence-corrected chi connectivity index (χ3v) is 8.96. The number of carbonyl (C=O) groups is 2. The Morgan fingerprint density at radius 2 is 2.17 bits per heavy atom. The minimum absolute atomic E-state index is 0.0140. The van der Waals surface area contributed by atoms with Crippen molar-refractivity contribution in [2.24, 2.45) is 5.92 Å². The molecular weight excluding hydrogens is 460 g/mol. The molecule has 0 bridgehead atoms. The smallest absolute Gasteiger partial charge is 0.226 e. The number of aromatic nitrogens is 3. The van der Waals surface area contributed by atoms with Crippen molar-refractivity contribution < 1.29 is 9.59 Å². The Morgan fingerprint density at radius 1 is 1.31 bits per heavy atom. The highest BCUT2D eigenvalue weighted by Gasteiger charge is 2.37. The van der Waals surface area contributed by atoms with Gasteiger partial charge in [-0.1, -0.05) is 6.92 Å². The number of thiazole rings is 1.